The molecule has 1 aliphatic heterocycles. The van der Waals surface area contributed by atoms with E-state index in [1.54, 1.807) is 23.4 Å². The van der Waals surface area contributed by atoms with Crippen LogP contribution in [-0.4, -0.2) is 51.8 Å². The fourth-order valence-electron chi connectivity index (χ4n) is 3.19. The topological polar surface area (TPSA) is 71.3 Å². The standard InChI is InChI=1S/C19H19N5O2/c25-18(14-24-19(26)16-6-2-1-5-15(16)13-21-24)23-11-9-22(10-12-23)17-7-3-4-8-20-17/h1-8,13H,9-12,14H2. The van der Waals surface area contributed by atoms with Crippen LogP contribution in [-0.2, 0) is 11.3 Å². The summed E-state index contributed by atoms with van der Waals surface area (Å²) < 4.78 is 1.25. The summed E-state index contributed by atoms with van der Waals surface area (Å²) in [6.45, 7) is 2.63. The molecule has 3 aromatic rings. The third kappa shape index (κ3) is 3.15. The van der Waals surface area contributed by atoms with Gasteiger partial charge in [-0.05, 0) is 18.2 Å². The van der Waals surface area contributed by atoms with Crippen LogP contribution < -0.4 is 10.5 Å². The van der Waals surface area contributed by atoms with Gasteiger partial charge >= 0.3 is 0 Å². The first-order valence-electron chi connectivity index (χ1n) is 8.61. The van der Waals surface area contributed by atoms with Crippen molar-refractivity contribution in [1.29, 1.82) is 0 Å². The van der Waals surface area contributed by atoms with Gasteiger partial charge in [-0.1, -0.05) is 24.3 Å². The number of rotatable bonds is 3. The number of nitrogens with zero attached hydrogens (tertiary/aromatic N) is 5. The summed E-state index contributed by atoms with van der Waals surface area (Å²) >= 11 is 0. The second kappa shape index (κ2) is 6.95. The number of hydrogen-bond donors (Lipinski definition) is 0. The van der Waals surface area contributed by atoms with Crippen LogP contribution in [0.25, 0.3) is 10.8 Å². The zero-order valence-electron chi connectivity index (χ0n) is 14.3. The number of carbonyl (C=O) groups is 1. The fraction of sp³-hybridized carbons (Fsp3) is 0.263. The van der Waals surface area contributed by atoms with Crippen molar-refractivity contribution in [3.8, 4) is 0 Å². The van der Waals surface area contributed by atoms with E-state index in [-0.39, 0.29) is 18.0 Å². The Morgan fingerprint density at radius 2 is 1.77 bits per heavy atom. The van der Waals surface area contributed by atoms with Gasteiger partial charge in [-0.25, -0.2) is 9.67 Å². The Kier molecular flexibility index (Phi) is 4.35. The van der Waals surface area contributed by atoms with Gasteiger partial charge in [-0.2, -0.15) is 5.10 Å². The molecule has 26 heavy (non-hydrogen) atoms. The zero-order chi connectivity index (χ0) is 17.9. The Balaban J connectivity index is 1.43. The molecule has 1 aromatic carbocycles. The SMILES string of the molecule is O=C(Cn1ncc2ccccc2c1=O)N1CCN(c2ccccn2)CC1. The van der Waals surface area contributed by atoms with Crippen molar-refractivity contribution >= 4 is 22.5 Å². The average Bonchev–Trinajstić information content (AvgIpc) is 2.71. The first-order valence-corrected chi connectivity index (χ1v) is 8.61. The van der Waals surface area contributed by atoms with E-state index in [1.807, 2.05) is 36.4 Å². The lowest BCUT2D eigenvalue weighted by molar-refractivity contribution is -0.132. The highest BCUT2D eigenvalue weighted by Gasteiger charge is 2.22. The number of fused-ring (bicyclic) bond motifs is 1. The van der Waals surface area contributed by atoms with Gasteiger partial charge in [0.1, 0.15) is 12.4 Å². The minimum atomic E-state index is -0.233. The summed E-state index contributed by atoms with van der Waals surface area (Å²) in [7, 11) is 0. The van der Waals surface area contributed by atoms with Crippen LogP contribution in [0.15, 0.2) is 59.7 Å². The average molecular weight is 349 g/mol. The summed E-state index contributed by atoms with van der Waals surface area (Å²) in [5.74, 6) is 0.836. The molecule has 7 nitrogen and oxygen atoms in total. The van der Waals surface area contributed by atoms with Gasteiger partial charge in [-0.15, -0.1) is 0 Å². The lowest BCUT2D eigenvalue weighted by Crippen LogP contribution is -2.50. The summed E-state index contributed by atoms with van der Waals surface area (Å²) in [6, 6.07) is 13.1. The highest BCUT2D eigenvalue weighted by molar-refractivity contribution is 5.81. The maximum absolute atomic E-state index is 12.6. The molecule has 0 unspecified atom stereocenters. The van der Waals surface area contributed by atoms with Crippen molar-refractivity contribution in [3.05, 3.63) is 65.2 Å². The predicted octanol–water partition coefficient (Wildman–Crippen LogP) is 1.14. The van der Waals surface area contributed by atoms with E-state index in [4.69, 9.17) is 0 Å². The van der Waals surface area contributed by atoms with Gasteiger partial charge in [0.05, 0.1) is 11.6 Å². The molecule has 0 radical (unpaired) electrons. The summed E-state index contributed by atoms with van der Waals surface area (Å²) in [5.41, 5.74) is -0.233. The maximum Gasteiger partial charge on any atom is 0.275 e. The van der Waals surface area contributed by atoms with Crippen LogP contribution in [0.1, 0.15) is 0 Å². The molecule has 2 aromatic heterocycles. The van der Waals surface area contributed by atoms with Crippen LogP contribution >= 0.6 is 0 Å². The molecule has 1 aliphatic rings. The van der Waals surface area contributed by atoms with Gasteiger partial charge in [0.15, 0.2) is 0 Å². The van der Waals surface area contributed by atoms with Crippen molar-refractivity contribution in [1.82, 2.24) is 19.7 Å². The normalized spacial score (nSPS) is 14.6. The van der Waals surface area contributed by atoms with Crippen molar-refractivity contribution in [2.75, 3.05) is 31.1 Å². The third-order valence-corrected chi connectivity index (χ3v) is 4.65. The van der Waals surface area contributed by atoms with Gasteiger partial charge in [0.25, 0.3) is 5.56 Å². The number of benzene rings is 1. The molecule has 0 saturated carbocycles. The quantitative estimate of drug-likeness (QED) is 0.709. The molecular weight excluding hydrogens is 330 g/mol. The minimum absolute atomic E-state index is 0.0345. The Morgan fingerprint density at radius 1 is 1.00 bits per heavy atom. The van der Waals surface area contributed by atoms with Gasteiger partial charge in [-0.3, -0.25) is 9.59 Å². The predicted molar refractivity (Wildman–Crippen MR) is 99.0 cm³/mol. The smallest absolute Gasteiger partial charge is 0.275 e. The summed E-state index contributed by atoms with van der Waals surface area (Å²) in [6.07, 6.45) is 3.40. The van der Waals surface area contributed by atoms with Crippen LogP contribution in [0.3, 0.4) is 0 Å². The number of anilines is 1. The molecule has 132 valence electrons. The highest BCUT2D eigenvalue weighted by Crippen LogP contribution is 2.13. The minimum Gasteiger partial charge on any atom is -0.353 e. The second-order valence-corrected chi connectivity index (χ2v) is 6.25. The molecule has 0 bridgehead atoms. The maximum atomic E-state index is 12.6. The van der Waals surface area contributed by atoms with Crippen molar-refractivity contribution in [2.45, 2.75) is 6.54 Å². The highest BCUT2D eigenvalue weighted by atomic mass is 16.2. The first kappa shape index (κ1) is 16.3. The van der Waals surface area contributed by atoms with Crippen LogP contribution in [0, 0.1) is 0 Å². The zero-order valence-corrected chi connectivity index (χ0v) is 14.3. The molecule has 1 saturated heterocycles. The molecule has 1 amide bonds. The van der Waals surface area contributed by atoms with E-state index >= 15 is 0 Å². The van der Waals surface area contributed by atoms with Gasteiger partial charge in [0, 0.05) is 37.8 Å². The molecule has 7 heteroatoms. The molecular formula is C19H19N5O2. The number of aromatic nitrogens is 3. The number of pyridine rings is 1. The summed E-state index contributed by atoms with van der Waals surface area (Å²) in [4.78, 5) is 33.4. The third-order valence-electron chi connectivity index (χ3n) is 4.65. The van der Waals surface area contributed by atoms with Gasteiger partial charge < -0.3 is 9.80 Å². The van der Waals surface area contributed by atoms with E-state index in [9.17, 15) is 9.59 Å². The largest absolute Gasteiger partial charge is 0.353 e. The van der Waals surface area contributed by atoms with E-state index in [0.29, 0.717) is 18.5 Å². The van der Waals surface area contributed by atoms with E-state index in [1.165, 1.54) is 4.68 Å². The van der Waals surface area contributed by atoms with E-state index in [2.05, 4.69) is 15.0 Å². The molecule has 0 N–H and O–H groups in total. The molecule has 4 rings (SSSR count). The second-order valence-electron chi connectivity index (χ2n) is 6.25. The van der Waals surface area contributed by atoms with Crippen LogP contribution in [0.4, 0.5) is 5.82 Å². The Hall–Kier alpha value is -3.22. The van der Waals surface area contributed by atoms with E-state index in [0.717, 1.165) is 24.3 Å². The Labute approximate surface area is 150 Å². The van der Waals surface area contributed by atoms with Crippen molar-refractivity contribution in [2.24, 2.45) is 0 Å². The number of carbonyl (C=O) groups excluding carboxylic acids is 1. The van der Waals surface area contributed by atoms with Crippen LogP contribution in [0.5, 0.6) is 0 Å². The Morgan fingerprint density at radius 3 is 2.54 bits per heavy atom. The molecule has 0 spiro atoms. The van der Waals surface area contributed by atoms with Crippen LogP contribution in [0.2, 0.25) is 0 Å². The van der Waals surface area contributed by atoms with E-state index < -0.39 is 0 Å². The van der Waals surface area contributed by atoms with Crippen molar-refractivity contribution < 1.29 is 4.79 Å². The number of amides is 1. The molecule has 0 atom stereocenters. The van der Waals surface area contributed by atoms with Crippen molar-refractivity contribution in [3.63, 3.8) is 0 Å². The Bertz CT molecular complexity index is 978. The lowest BCUT2D eigenvalue weighted by Gasteiger charge is -2.35. The fourth-order valence-corrected chi connectivity index (χ4v) is 3.19. The van der Waals surface area contributed by atoms with Gasteiger partial charge in [0.2, 0.25) is 5.91 Å². The lowest BCUT2D eigenvalue weighted by atomic mass is 10.2. The molecule has 3 heterocycles. The first-order chi connectivity index (χ1) is 12.7. The molecule has 0 aliphatic carbocycles. The number of hydrogen-bond acceptors (Lipinski definition) is 5. The monoisotopic (exact) mass is 349 g/mol. The summed E-state index contributed by atoms with van der Waals surface area (Å²) in [5, 5.41) is 5.50. The number of piperazine rings is 1. The molecule has 1 fully saturated rings.